The maximum Gasteiger partial charge on any atom is 0.0509 e. The number of nitrogens with one attached hydrogen (secondary N) is 1. The summed E-state index contributed by atoms with van der Waals surface area (Å²) < 4.78 is 5.62. The van der Waals surface area contributed by atoms with Crippen LogP contribution in [0.15, 0.2) is 18.2 Å². The van der Waals surface area contributed by atoms with Crippen molar-refractivity contribution in [2.45, 2.75) is 39.2 Å². The van der Waals surface area contributed by atoms with E-state index in [1.165, 1.54) is 29.5 Å². The highest BCUT2D eigenvalue weighted by Crippen LogP contribution is 2.23. The maximum atomic E-state index is 5.62. The molecule has 0 aromatic heterocycles. The molecule has 1 aliphatic rings. The van der Waals surface area contributed by atoms with Crippen LogP contribution in [-0.4, -0.2) is 26.3 Å². The van der Waals surface area contributed by atoms with Gasteiger partial charge in [0.15, 0.2) is 0 Å². The van der Waals surface area contributed by atoms with Crippen molar-refractivity contribution < 1.29 is 4.74 Å². The summed E-state index contributed by atoms with van der Waals surface area (Å²) in [5, 5.41) is 3.49. The minimum absolute atomic E-state index is 0.533. The first-order chi connectivity index (χ1) is 8.72. The van der Waals surface area contributed by atoms with Crippen LogP contribution in [0.1, 0.15) is 29.5 Å². The number of ether oxygens (including phenoxy) is 1. The van der Waals surface area contributed by atoms with Crippen molar-refractivity contribution in [1.29, 1.82) is 0 Å². The van der Waals surface area contributed by atoms with E-state index in [2.05, 4.69) is 44.4 Å². The third kappa shape index (κ3) is 3.12. The Bertz CT molecular complexity index is 362. The molecule has 1 aromatic rings. The monoisotopic (exact) mass is 247 g/mol. The summed E-state index contributed by atoms with van der Waals surface area (Å²) in [6.07, 6.45) is 3.61. The van der Waals surface area contributed by atoms with E-state index in [9.17, 15) is 0 Å². The molecule has 100 valence electrons. The van der Waals surface area contributed by atoms with Gasteiger partial charge in [0, 0.05) is 12.6 Å². The molecular weight excluding hydrogens is 222 g/mol. The van der Waals surface area contributed by atoms with Crippen LogP contribution in [-0.2, 0) is 11.2 Å². The Hall–Kier alpha value is -0.860. The van der Waals surface area contributed by atoms with Crippen molar-refractivity contribution in [3.8, 4) is 0 Å². The summed E-state index contributed by atoms with van der Waals surface area (Å²) in [4.78, 5) is 0. The maximum absolute atomic E-state index is 5.62. The topological polar surface area (TPSA) is 21.3 Å². The number of benzene rings is 1. The zero-order valence-electron chi connectivity index (χ0n) is 11.8. The summed E-state index contributed by atoms with van der Waals surface area (Å²) in [5.74, 6) is 0.655. The molecule has 0 saturated carbocycles. The van der Waals surface area contributed by atoms with Crippen molar-refractivity contribution in [3.05, 3.63) is 34.9 Å². The van der Waals surface area contributed by atoms with Gasteiger partial charge in [-0.15, -0.1) is 0 Å². The Morgan fingerprint density at radius 3 is 2.61 bits per heavy atom. The normalized spacial score (nSPS) is 21.8. The molecule has 2 heteroatoms. The highest BCUT2D eigenvalue weighted by Gasteiger charge is 2.23. The second-order valence-corrected chi connectivity index (χ2v) is 5.45. The summed E-state index contributed by atoms with van der Waals surface area (Å²) in [5.41, 5.74) is 4.32. The van der Waals surface area contributed by atoms with Gasteiger partial charge in [-0.3, -0.25) is 0 Å². The van der Waals surface area contributed by atoms with E-state index in [0.29, 0.717) is 12.0 Å². The highest BCUT2D eigenvalue weighted by molar-refractivity contribution is 5.34. The van der Waals surface area contributed by atoms with E-state index in [0.717, 1.165) is 19.6 Å². The molecule has 0 bridgehead atoms. The van der Waals surface area contributed by atoms with E-state index in [4.69, 9.17) is 4.74 Å². The van der Waals surface area contributed by atoms with Gasteiger partial charge in [0.05, 0.1) is 6.61 Å². The van der Waals surface area contributed by atoms with Crippen molar-refractivity contribution in [2.75, 3.05) is 20.3 Å². The Morgan fingerprint density at radius 1 is 1.33 bits per heavy atom. The molecule has 0 radical (unpaired) electrons. The smallest absolute Gasteiger partial charge is 0.0509 e. The molecule has 0 aliphatic carbocycles. The third-order valence-electron chi connectivity index (χ3n) is 4.20. The minimum Gasteiger partial charge on any atom is -0.381 e. The van der Waals surface area contributed by atoms with Gasteiger partial charge in [-0.2, -0.15) is 0 Å². The van der Waals surface area contributed by atoms with Crippen LogP contribution in [0.5, 0.6) is 0 Å². The van der Waals surface area contributed by atoms with Gasteiger partial charge in [-0.25, -0.2) is 0 Å². The first-order valence-electron chi connectivity index (χ1n) is 7.02. The Labute approximate surface area is 111 Å². The standard InChI is InChI=1S/C16H25NO/c1-12-6-4-7-13(2)15(12)10-16(17-3)14-8-5-9-18-11-14/h4,6-7,14,16-17H,5,8-11H2,1-3H3. The average Bonchev–Trinajstić information content (AvgIpc) is 2.40. The minimum atomic E-state index is 0.533. The fourth-order valence-corrected chi connectivity index (χ4v) is 2.98. The van der Waals surface area contributed by atoms with Crippen LogP contribution in [0.25, 0.3) is 0 Å². The largest absolute Gasteiger partial charge is 0.381 e. The van der Waals surface area contributed by atoms with Crippen LogP contribution in [0.2, 0.25) is 0 Å². The number of aryl methyl sites for hydroxylation is 2. The quantitative estimate of drug-likeness (QED) is 0.883. The lowest BCUT2D eigenvalue weighted by Crippen LogP contribution is -2.40. The second kappa shape index (κ2) is 6.35. The Balaban J connectivity index is 2.09. The number of likely N-dealkylation sites (N-methyl/N-ethyl adjacent to an activating group) is 1. The van der Waals surface area contributed by atoms with Crippen LogP contribution in [0.4, 0.5) is 0 Å². The van der Waals surface area contributed by atoms with E-state index in [1.54, 1.807) is 0 Å². The molecule has 2 rings (SSSR count). The summed E-state index contributed by atoms with van der Waals surface area (Å²) in [6, 6.07) is 7.11. The Morgan fingerprint density at radius 2 is 2.06 bits per heavy atom. The molecule has 18 heavy (non-hydrogen) atoms. The van der Waals surface area contributed by atoms with Gasteiger partial charge in [-0.05, 0) is 62.8 Å². The van der Waals surface area contributed by atoms with Gasteiger partial charge in [0.2, 0.25) is 0 Å². The lowest BCUT2D eigenvalue weighted by Gasteiger charge is -2.31. The molecule has 2 atom stereocenters. The molecular formula is C16H25NO. The number of hydrogen-bond donors (Lipinski definition) is 1. The predicted molar refractivity (Wildman–Crippen MR) is 76.0 cm³/mol. The van der Waals surface area contributed by atoms with Crippen molar-refractivity contribution in [1.82, 2.24) is 5.32 Å². The van der Waals surface area contributed by atoms with Crippen molar-refractivity contribution in [3.63, 3.8) is 0 Å². The van der Waals surface area contributed by atoms with Crippen molar-refractivity contribution in [2.24, 2.45) is 5.92 Å². The number of hydrogen-bond acceptors (Lipinski definition) is 2. The summed E-state index contributed by atoms with van der Waals surface area (Å²) >= 11 is 0. The van der Waals surface area contributed by atoms with Gasteiger partial charge >= 0.3 is 0 Å². The summed E-state index contributed by atoms with van der Waals surface area (Å²) in [7, 11) is 2.08. The molecule has 2 unspecified atom stereocenters. The zero-order valence-corrected chi connectivity index (χ0v) is 11.8. The van der Waals surface area contributed by atoms with Gasteiger partial charge in [0.25, 0.3) is 0 Å². The van der Waals surface area contributed by atoms with Crippen LogP contribution in [0, 0.1) is 19.8 Å². The van der Waals surface area contributed by atoms with E-state index >= 15 is 0 Å². The van der Waals surface area contributed by atoms with Gasteiger partial charge in [-0.1, -0.05) is 18.2 Å². The van der Waals surface area contributed by atoms with Crippen LogP contribution < -0.4 is 5.32 Å². The van der Waals surface area contributed by atoms with Crippen molar-refractivity contribution >= 4 is 0 Å². The SMILES string of the molecule is CNC(Cc1c(C)cccc1C)C1CCCOC1. The predicted octanol–water partition coefficient (Wildman–Crippen LogP) is 2.86. The molecule has 2 nitrogen and oxygen atoms in total. The van der Waals surface area contributed by atoms with E-state index in [1.807, 2.05) is 0 Å². The fourth-order valence-electron chi connectivity index (χ4n) is 2.98. The molecule has 0 amide bonds. The number of rotatable bonds is 4. The van der Waals surface area contributed by atoms with E-state index in [-0.39, 0.29) is 0 Å². The first-order valence-corrected chi connectivity index (χ1v) is 7.02. The van der Waals surface area contributed by atoms with Crippen LogP contribution in [0.3, 0.4) is 0 Å². The molecule has 0 spiro atoms. The van der Waals surface area contributed by atoms with Crippen LogP contribution >= 0.6 is 0 Å². The fraction of sp³-hybridized carbons (Fsp3) is 0.625. The summed E-state index contributed by atoms with van der Waals surface area (Å²) in [6.45, 7) is 6.28. The molecule has 1 saturated heterocycles. The lowest BCUT2D eigenvalue weighted by atomic mass is 9.87. The first kappa shape index (κ1) is 13.6. The highest BCUT2D eigenvalue weighted by atomic mass is 16.5. The molecule has 1 N–H and O–H groups in total. The second-order valence-electron chi connectivity index (χ2n) is 5.45. The zero-order chi connectivity index (χ0) is 13.0. The molecule has 1 fully saturated rings. The third-order valence-corrected chi connectivity index (χ3v) is 4.20. The van der Waals surface area contributed by atoms with Gasteiger partial charge in [0.1, 0.15) is 0 Å². The van der Waals surface area contributed by atoms with E-state index < -0.39 is 0 Å². The average molecular weight is 247 g/mol. The lowest BCUT2D eigenvalue weighted by molar-refractivity contribution is 0.0404. The molecule has 1 heterocycles. The molecule has 1 aromatic carbocycles. The van der Waals surface area contributed by atoms with Gasteiger partial charge < -0.3 is 10.1 Å². The molecule has 1 aliphatic heterocycles. The Kier molecular flexibility index (Phi) is 4.79.